The van der Waals surface area contributed by atoms with E-state index in [0.29, 0.717) is 5.91 Å². The third-order valence-corrected chi connectivity index (χ3v) is 4.70. The molecule has 4 nitrogen and oxygen atoms in total. The van der Waals surface area contributed by atoms with Gasteiger partial charge in [0.1, 0.15) is 0 Å². The van der Waals surface area contributed by atoms with Gasteiger partial charge in [0.05, 0.1) is 6.04 Å². The van der Waals surface area contributed by atoms with E-state index in [1.807, 2.05) is 0 Å². The van der Waals surface area contributed by atoms with Crippen molar-refractivity contribution in [2.45, 2.75) is 50.6 Å². The fourth-order valence-corrected chi connectivity index (χ4v) is 3.22. The summed E-state index contributed by atoms with van der Waals surface area (Å²) in [6, 6.07) is 0.0584. The molecule has 1 unspecified atom stereocenters. The molecule has 1 saturated carbocycles. The fourth-order valence-electron chi connectivity index (χ4n) is 3.22. The number of carbonyl (C=O) groups excluding carboxylic acids is 1. The molecule has 1 aliphatic carbocycles. The molecule has 18 heavy (non-hydrogen) atoms. The Morgan fingerprint density at radius 2 is 2.11 bits per heavy atom. The van der Waals surface area contributed by atoms with Crippen LogP contribution < -0.4 is 5.32 Å². The summed E-state index contributed by atoms with van der Waals surface area (Å²) in [5.74, 6) is 0.316. The normalized spacial score (nSPS) is 27.4. The van der Waals surface area contributed by atoms with Crippen molar-refractivity contribution < 1.29 is 4.79 Å². The second-order valence-electron chi connectivity index (χ2n) is 5.98. The van der Waals surface area contributed by atoms with E-state index in [0.717, 1.165) is 32.5 Å². The van der Waals surface area contributed by atoms with E-state index in [2.05, 4.69) is 36.1 Å². The van der Waals surface area contributed by atoms with Gasteiger partial charge in [-0.1, -0.05) is 6.92 Å². The molecule has 1 heterocycles. The second-order valence-corrected chi connectivity index (χ2v) is 5.98. The summed E-state index contributed by atoms with van der Waals surface area (Å²) < 4.78 is 0. The quantitative estimate of drug-likeness (QED) is 0.796. The number of hydrogen-bond donors (Lipinski definition) is 1. The van der Waals surface area contributed by atoms with E-state index in [1.54, 1.807) is 0 Å². The first-order chi connectivity index (χ1) is 8.59. The van der Waals surface area contributed by atoms with Crippen LogP contribution >= 0.6 is 0 Å². The minimum absolute atomic E-state index is 0.0584. The average Bonchev–Trinajstić information content (AvgIpc) is 2.28. The van der Waals surface area contributed by atoms with Crippen molar-refractivity contribution in [1.29, 1.82) is 0 Å². The Balaban J connectivity index is 1.97. The fraction of sp³-hybridized carbons (Fsp3) is 0.929. The van der Waals surface area contributed by atoms with Gasteiger partial charge in [-0.15, -0.1) is 0 Å². The first-order valence-corrected chi connectivity index (χ1v) is 7.29. The van der Waals surface area contributed by atoms with Crippen LogP contribution in [0, 0.1) is 0 Å². The number of hydrogen-bond acceptors (Lipinski definition) is 3. The molecule has 1 aliphatic heterocycles. The minimum atomic E-state index is 0.0584. The first-order valence-electron chi connectivity index (χ1n) is 7.29. The van der Waals surface area contributed by atoms with E-state index >= 15 is 0 Å². The van der Waals surface area contributed by atoms with Gasteiger partial charge in [0.15, 0.2) is 0 Å². The maximum atomic E-state index is 12.4. The van der Waals surface area contributed by atoms with Crippen LogP contribution in [0.2, 0.25) is 0 Å². The Hall–Kier alpha value is -0.610. The maximum absolute atomic E-state index is 12.4. The number of carbonyl (C=O) groups is 1. The molecule has 0 aromatic heterocycles. The van der Waals surface area contributed by atoms with Crippen molar-refractivity contribution in [3.05, 3.63) is 0 Å². The summed E-state index contributed by atoms with van der Waals surface area (Å²) in [4.78, 5) is 16.8. The molecular formula is C14H27N3O. The standard InChI is InChI=1S/C14H27N3O/c1-4-15-12-7-5-10-17(13(12)18)11-14(16(2)3)8-6-9-14/h12,15H,4-11H2,1-3H3. The predicted molar refractivity (Wildman–Crippen MR) is 73.5 cm³/mol. The molecule has 104 valence electrons. The number of rotatable bonds is 5. The zero-order chi connectivity index (χ0) is 13.2. The van der Waals surface area contributed by atoms with Crippen molar-refractivity contribution in [2.24, 2.45) is 0 Å². The van der Waals surface area contributed by atoms with Crippen LogP contribution in [0.15, 0.2) is 0 Å². The average molecular weight is 253 g/mol. The van der Waals surface area contributed by atoms with Gasteiger partial charge >= 0.3 is 0 Å². The number of likely N-dealkylation sites (tertiary alicyclic amines) is 1. The summed E-state index contributed by atoms with van der Waals surface area (Å²) in [5, 5.41) is 3.31. The van der Waals surface area contributed by atoms with Crippen molar-refractivity contribution >= 4 is 5.91 Å². The Kier molecular flexibility index (Phi) is 4.28. The molecule has 1 saturated heterocycles. The molecule has 0 aromatic carbocycles. The summed E-state index contributed by atoms with van der Waals surface area (Å²) in [6.07, 6.45) is 5.90. The third-order valence-electron chi connectivity index (χ3n) is 4.70. The van der Waals surface area contributed by atoms with Gasteiger partial charge in [-0.2, -0.15) is 0 Å². The zero-order valence-electron chi connectivity index (χ0n) is 12.0. The van der Waals surface area contributed by atoms with Gasteiger partial charge in [-0.05, 0) is 52.7 Å². The Bertz CT molecular complexity index is 297. The van der Waals surface area contributed by atoms with Crippen LogP contribution in [0.3, 0.4) is 0 Å². The number of piperidine rings is 1. The van der Waals surface area contributed by atoms with Crippen LogP contribution in [-0.4, -0.2) is 61.0 Å². The van der Waals surface area contributed by atoms with Gasteiger partial charge in [-0.3, -0.25) is 4.79 Å². The van der Waals surface area contributed by atoms with Crippen LogP contribution in [0.1, 0.15) is 39.0 Å². The summed E-state index contributed by atoms with van der Waals surface area (Å²) in [5.41, 5.74) is 0.254. The molecule has 4 heteroatoms. The highest BCUT2D eigenvalue weighted by Crippen LogP contribution is 2.37. The Morgan fingerprint density at radius 1 is 1.39 bits per heavy atom. The van der Waals surface area contributed by atoms with E-state index in [1.165, 1.54) is 19.3 Å². The molecule has 0 radical (unpaired) electrons. The molecule has 1 amide bonds. The number of nitrogens with zero attached hydrogens (tertiary/aromatic N) is 2. The minimum Gasteiger partial charge on any atom is -0.339 e. The summed E-state index contributed by atoms with van der Waals surface area (Å²) in [7, 11) is 4.30. The van der Waals surface area contributed by atoms with Crippen molar-refractivity contribution in [1.82, 2.24) is 15.1 Å². The van der Waals surface area contributed by atoms with E-state index < -0.39 is 0 Å². The highest BCUT2D eigenvalue weighted by Gasteiger charge is 2.42. The first kappa shape index (κ1) is 13.8. The largest absolute Gasteiger partial charge is 0.339 e. The van der Waals surface area contributed by atoms with Gasteiger partial charge in [0.25, 0.3) is 0 Å². The summed E-state index contributed by atoms with van der Waals surface area (Å²) >= 11 is 0. The molecule has 1 atom stereocenters. The highest BCUT2D eigenvalue weighted by molar-refractivity contribution is 5.82. The van der Waals surface area contributed by atoms with E-state index in [-0.39, 0.29) is 11.6 Å². The third kappa shape index (κ3) is 2.54. The lowest BCUT2D eigenvalue weighted by Crippen LogP contribution is -2.61. The molecule has 2 fully saturated rings. The van der Waals surface area contributed by atoms with E-state index in [9.17, 15) is 4.79 Å². The van der Waals surface area contributed by atoms with E-state index in [4.69, 9.17) is 0 Å². The number of amides is 1. The van der Waals surface area contributed by atoms with Crippen LogP contribution in [0.4, 0.5) is 0 Å². The number of nitrogens with one attached hydrogen (secondary N) is 1. The Labute approximate surface area is 111 Å². The van der Waals surface area contributed by atoms with Gasteiger partial charge in [-0.25, -0.2) is 0 Å². The van der Waals surface area contributed by atoms with Crippen molar-refractivity contribution in [3.8, 4) is 0 Å². The molecule has 1 N–H and O–H groups in total. The molecule has 0 aromatic rings. The second kappa shape index (κ2) is 5.57. The number of likely N-dealkylation sites (N-methyl/N-ethyl adjacent to an activating group) is 2. The lowest BCUT2D eigenvalue weighted by atomic mass is 9.75. The zero-order valence-corrected chi connectivity index (χ0v) is 12.0. The predicted octanol–water partition coefficient (Wildman–Crippen LogP) is 1.07. The van der Waals surface area contributed by atoms with Gasteiger partial charge in [0, 0.05) is 18.6 Å². The topological polar surface area (TPSA) is 35.6 Å². The maximum Gasteiger partial charge on any atom is 0.239 e. The van der Waals surface area contributed by atoms with Crippen molar-refractivity contribution in [2.75, 3.05) is 33.7 Å². The van der Waals surface area contributed by atoms with Crippen molar-refractivity contribution in [3.63, 3.8) is 0 Å². The van der Waals surface area contributed by atoms with Crippen LogP contribution in [0.25, 0.3) is 0 Å². The highest BCUT2D eigenvalue weighted by atomic mass is 16.2. The SMILES string of the molecule is CCNC1CCCN(CC2(N(C)C)CCC2)C1=O. The Morgan fingerprint density at radius 3 is 2.61 bits per heavy atom. The van der Waals surface area contributed by atoms with Gasteiger partial charge in [0.2, 0.25) is 5.91 Å². The molecule has 2 rings (SSSR count). The smallest absolute Gasteiger partial charge is 0.239 e. The van der Waals surface area contributed by atoms with Gasteiger partial charge < -0.3 is 15.1 Å². The monoisotopic (exact) mass is 253 g/mol. The molecule has 2 aliphatic rings. The van der Waals surface area contributed by atoms with Crippen LogP contribution in [0.5, 0.6) is 0 Å². The lowest BCUT2D eigenvalue weighted by molar-refractivity contribution is -0.139. The molecule has 0 spiro atoms. The summed E-state index contributed by atoms with van der Waals surface area (Å²) in [6.45, 7) is 4.81. The lowest BCUT2D eigenvalue weighted by Gasteiger charge is -2.50. The molecular weight excluding hydrogens is 226 g/mol. The molecule has 0 bridgehead atoms. The van der Waals surface area contributed by atoms with Crippen LogP contribution in [-0.2, 0) is 4.79 Å².